The molecule has 3 nitrogen and oxygen atoms in total. The molecule has 0 saturated carbocycles. The fourth-order valence-electron chi connectivity index (χ4n) is 1.32. The third kappa shape index (κ3) is 3.17. The molecule has 0 fully saturated rings. The first kappa shape index (κ1) is 11.9. The number of benzene rings is 1. The van der Waals surface area contributed by atoms with Crippen LogP contribution in [0.15, 0.2) is 42.6 Å². The third-order valence-corrected chi connectivity index (χ3v) is 3.01. The zero-order chi connectivity index (χ0) is 12.1. The van der Waals surface area contributed by atoms with E-state index < -0.39 is 0 Å². The van der Waals surface area contributed by atoms with Gasteiger partial charge in [-0.3, -0.25) is 4.98 Å². The van der Waals surface area contributed by atoms with Crippen molar-refractivity contribution in [3.05, 3.63) is 57.4 Å². The van der Waals surface area contributed by atoms with Gasteiger partial charge in [0.1, 0.15) is 12.4 Å². The molecular formula is C13H9IN2O. The Kier molecular flexibility index (Phi) is 3.94. The third-order valence-electron chi connectivity index (χ3n) is 2.16. The van der Waals surface area contributed by atoms with Crippen LogP contribution in [-0.2, 0) is 6.61 Å². The van der Waals surface area contributed by atoms with E-state index in [9.17, 15) is 0 Å². The zero-order valence-electron chi connectivity index (χ0n) is 8.93. The lowest BCUT2D eigenvalue weighted by atomic mass is 10.2. The van der Waals surface area contributed by atoms with Gasteiger partial charge in [0.25, 0.3) is 0 Å². The van der Waals surface area contributed by atoms with Crippen LogP contribution in [0.1, 0.15) is 11.3 Å². The molecule has 0 saturated heterocycles. The van der Waals surface area contributed by atoms with Crippen LogP contribution in [0.2, 0.25) is 0 Å². The number of nitriles is 1. The summed E-state index contributed by atoms with van der Waals surface area (Å²) in [6.07, 6.45) is 1.74. The highest BCUT2D eigenvalue weighted by Gasteiger charge is 2.03. The lowest BCUT2D eigenvalue weighted by Crippen LogP contribution is -1.99. The van der Waals surface area contributed by atoms with E-state index in [1.54, 1.807) is 18.3 Å². The lowest BCUT2D eigenvalue weighted by Gasteiger charge is -2.07. The molecule has 2 rings (SSSR count). The van der Waals surface area contributed by atoms with Crippen LogP contribution in [0.5, 0.6) is 5.75 Å². The number of ether oxygens (including phenoxy) is 1. The average molecular weight is 336 g/mol. The molecule has 2 aromatic rings. The Balaban J connectivity index is 2.08. The minimum absolute atomic E-state index is 0.433. The van der Waals surface area contributed by atoms with Crippen molar-refractivity contribution in [3.63, 3.8) is 0 Å². The first-order valence-corrected chi connectivity index (χ1v) is 6.10. The van der Waals surface area contributed by atoms with E-state index in [2.05, 4.69) is 33.6 Å². The van der Waals surface area contributed by atoms with E-state index in [0.717, 1.165) is 15.0 Å². The van der Waals surface area contributed by atoms with Crippen molar-refractivity contribution in [1.82, 2.24) is 4.98 Å². The maximum Gasteiger partial charge on any atom is 0.133 e. The molecule has 1 heterocycles. The summed E-state index contributed by atoms with van der Waals surface area (Å²) in [5.74, 6) is 0.773. The van der Waals surface area contributed by atoms with Gasteiger partial charge >= 0.3 is 0 Å². The van der Waals surface area contributed by atoms with Crippen molar-refractivity contribution in [2.75, 3.05) is 0 Å². The van der Waals surface area contributed by atoms with Crippen LogP contribution in [0, 0.1) is 14.9 Å². The Hall–Kier alpha value is -1.61. The quantitative estimate of drug-likeness (QED) is 0.809. The van der Waals surface area contributed by atoms with E-state index in [0.29, 0.717) is 12.2 Å². The lowest BCUT2D eigenvalue weighted by molar-refractivity contribution is 0.299. The second kappa shape index (κ2) is 5.64. The molecule has 0 aliphatic rings. The van der Waals surface area contributed by atoms with E-state index in [-0.39, 0.29) is 0 Å². The second-order valence-corrected chi connectivity index (χ2v) is 4.53. The smallest absolute Gasteiger partial charge is 0.133 e. The normalized spacial score (nSPS) is 9.65. The Labute approximate surface area is 113 Å². The number of rotatable bonds is 3. The molecule has 0 spiro atoms. The number of hydrogen-bond donors (Lipinski definition) is 0. The molecule has 0 radical (unpaired) electrons. The van der Waals surface area contributed by atoms with Gasteiger partial charge in [0.05, 0.1) is 20.9 Å². The second-order valence-electron chi connectivity index (χ2n) is 3.37. The van der Waals surface area contributed by atoms with E-state index in [1.165, 1.54) is 0 Å². The van der Waals surface area contributed by atoms with Gasteiger partial charge in [-0.1, -0.05) is 6.07 Å². The summed E-state index contributed by atoms with van der Waals surface area (Å²) in [5.41, 5.74) is 1.52. The molecule has 4 heteroatoms. The van der Waals surface area contributed by atoms with Crippen LogP contribution in [0.25, 0.3) is 0 Å². The maximum atomic E-state index is 8.76. The van der Waals surface area contributed by atoms with Crippen molar-refractivity contribution < 1.29 is 4.74 Å². The highest BCUT2D eigenvalue weighted by Crippen LogP contribution is 2.22. The molecule has 0 N–H and O–H groups in total. The summed E-state index contributed by atoms with van der Waals surface area (Å²) in [6.45, 7) is 0.433. The molecule has 0 atom stereocenters. The summed E-state index contributed by atoms with van der Waals surface area (Å²) in [4.78, 5) is 4.18. The molecule has 1 aromatic heterocycles. The van der Waals surface area contributed by atoms with Gasteiger partial charge in [-0.05, 0) is 52.9 Å². The minimum atomic E-state index is 0.433. The molecule has 0 bridgehead atoms. The van der Waals surface area contributed by atoms with Gasteiger partial charge in [0.2, 0.25) is 0 Å². The molecule has 0 unspecified atom stereocenters. The SMILES string of the molecule is N#Cc1ccc(OCc2ccccn2)c(I)c1. The summed E-state index contributed by atoms with van der Waals surface area (Å²) >= 11 is 2.16. The van der Waals surface area contributed by atoms with Crippen LogP contribution in [-0.4, -0.2) is 4.98 Å². The first-order valence-electron chi connectivity index (χ1n) is 5.02. The Morgan fingerprint density at radius 2 is 2.18 bits per heavy atom. The van der Waals surface area contributed by atoms with Crippen molar-refractivity contribution in [2.24, 2.45) is 0 Å². The summed E-state index contributed by atoms with van der Waals surface area (Å²) < 4.78 is 6.57. The predicted octanol–water partition coefficient (Wildman–Crippen LogP) is 3.14. The van der Waals surface area contributed by atoms with Gasteiger partial charge in [-0.25, -0.2) is 0 Å². The minimum Gasteiger partial charge on any atom is -0.486 e. The monoisotopic (exact) mass is 336 g/mol. The number of halogens is 1. The molecule has 0 amide bonds. The van der Waals surface area contributed by atoms with E-state index in [4.69, 9.17) is 10.00 Å². The van der Waals surface area contributed by atoms with Gasteiger partial charge in [0, 0.05) is 6.20 Å². The molecule has 0 aliphatic heterocycles. The van der Waals surface area contributed by atoms with Gasteiger partial charge in [0.15, 0.2) is 0 Å². The van der Waals surface area contributed by atoms with Gasteiger partial charge < -0.3 is 4.74 Å². The predicted molar refractivity (Wildman–Crippen MR) is 72.4 cm³/mol. The van der Waals surface area contributed by atoms with Gasteiger partial charge in [-0.15, -0.1) is 0 Å². The van der Waals surface area contributed by atoms with Crippen molar-refractivity contribution in [3.8, 4) is 11.8 Å². The van der Waals surface area contributed by atoms with Crippen molar-refractivity contribution >= 4 is 22.6 Å². The van der Waals surface area contributed by atoms with Crippen LogP contribution >= 0.6 is 22.6 Å². The number of aromatic nitrogens is 1. The fraction of sp³-hybridized carbons (Fsp3) is 0.0769. The zero-order valence-corrected chi connectivity index (χ0v) is 11.1. The van der Waals surface area contributed by atoms with Crippen LogP contribution < -0.4 is 4.74 Å². The van der Waals surface area contributed by atoms with Gasteiger partial charge in [-0.2, -0.15) is 5.26 Å². The first-order chi connectivity index (χ1) is 8.29. The summed E-state index contributed by atoms with van der Waals surface area (Å²) in [6, 6.07) is 13.2. The molecule has 0 aliphatic carbocycles. The average Bonchev–Trinajstić information content (AvgIpc) is 2.38. The molecule has 84 valence electrons. The summed E-state index contributed by atoms with van der Waals surface area (Å²) in [5, 5.41) is 8.76. The number of nitrogens with zero attached hydrogens (tertiary/aromatic N) is 2. The largest absolute Gasteiger partial charge is 0.486 e. The molecule has 17 heavy (non-hydrogen) atoms. The molecular weight excluding hydrogens is 327 g/mol. The fourth-order valence-corrected chi connectivity index (χ4v) is 1.99. The van der Waals surface area contributed by atoms with E-state index >= 15 is 0 Å². The molecule has 1 aromatic carbocycles. The van der Waals surface area contributed by atoms with Crippen molar-refractivity contribution in [2.45, 2.75) is 6.61 Å². The van der Waals surface area contributed by atoms with Crippen molar-refractivity contribution in [1.29, 1.82) is 5.26 Å². The number of pyridine rings is 1. The highest BCUT2D eigenvalue weighted by atomic mass is 127. The summed E-state index contributed by atoms with van der Waals surface area (Å²) in [7, 11) is 0. The Morgan fingerprint density at radius 3 is 2.82 bits per heavy atom. The Bertz CT molecular complexity index is 549. The van der Waals surface area contributed by atoms with E-state index in [1.807, 2.05) is 24.3 Å². The standard InChI is InChI=1S/C13H9IN2O/c14-12-7-10(8-15)4-5-13(12)17-9-11-3-1-2-6-16-11/h1-7H,9H2. The highest BCUT2D eigenvalue weighted by molar-refractivity contribution is 14.1. The number of hydrogen-bond acceptors (Lipinski definition) is 3. The van der Waals surface area contributed by atoms with Crippen LogP contribution in [0.4, 0.5) is 0 Å². The van der Waals surface area contributed by atoms with Crippen LogP contribution in [0.3, 0.4) is 0 Å². The Morgan fingerprint density at radius 1 is 1.29 bits per heavy atom. The maximum absolute atomic E-state index is 8.76. The topological polar surface area (TPSA) is 45.9 Å².